The van der Waals surface area contributed by atoms with Gasteiger partial charge in [0.05, 0.1) is 6.10 Å². The van der Waals surface area contributed by atoms with Gasteiger partial charge in [-0.25, -0.2) is 4.79 Å². The molecule has 1 heterocycles. The zero-order valence-electron chi connectivity index (χ0n) is 14.8. The summed E-state index contributed by atoms with van der Waals surface area (Å²) in [6.45, 7) is 9.33. The van der Waals surface area contributed by atoms with E-state index in [2.05, 4.69) is 27.7 Å². The predicted octanol–water partition coefficient (Wildman–Crippen LogP) is 3.71. The molecule has 1 aliphatic heterocycles. The highest BCUT2D eigenvalue weighted by Gasteiger charge is 2.61. The average molecular weight is 318 g/mol. The molecule has 4 rings (SSSR count). The van der Waals surface area contributed by atoms with E-state index in [4.69, 9.17) is 4.74 Å². The molecular formula is C20H30O3. The highest BCUT2D eigenvalue weighted by molar-refractivity contribution is 5.86. The van der Waals surface area contributed by atoms with Crippen molar-refractivity contribution in [3.63, 3.8) is 0 Å². The van der Waals surface area contributed by atoms with Crippen LogP contribution in [0.1, 0.15) is 59.8 Å². The summed E-state index contributed by atoms with van der Waals surface area (Å²) in [6.07, 6.45) is 7.00. The molecule has 3 aliphatic carbocycles. The fraction of sp³-hybridized carbons (Fsp3) is 0.850. The van der Waals surface area contributed by atoms with E-state index in [1.807, 2.05) is 0 Å². The monoisotopic (exact) mass is 318 g/mol. The van der Waals surface area contributed by atoms with Crippen LogP contribution < -0.4 is 0 Å². The van der Waals surface area contributed by atoms with Crippen molar-refractivity contribution in [2.24, 2.45) is 34.5 Å². The first-order valence-electron chi connectivity index (χ1n) is 9.34. The second kappa shape index (κ2) is 4.84. The van der Waals surface area contributed by atoms with E-state index in [-0.39, 0.29) is 29.0 Å². The Kier molecular flexibility index (Phi) is 3.30. The Morgan fingerprint density at radius 1 is 1.22 bits per heavy atom. The van der Waals surface area contributed by atoms with Crippen molar-refractivity contribution in [3.8, 4) is 0 Å². The lowest BCUT2D eigenvalue weighted by Crippen LogP contribution is -2.60. The largest absolute Gasteiger partial charge is 0.455 e. The molecule has 0 saturated heterocycles. The molecule has 0 unspecified atom stereocenters. The number of fused-ring (bicyclic) bond motifs is 4. The van der Waals surface area contributed by atoms with Gasteiger partial charge < -0.3 is 9.84 Å². The van der Waals surface area contributed by atoms with Crippen molar-refractivity contribution < 1.29 is 14.6 Å². The van der Waals surface area contributed by atoms with Crippen LogP contribution in [0.2, 0.25) is 0 Å². The molecule has 128 valence electrons. The molecule has 1 N–H and O–H groups in total. The molecule has 0 aromatic carbocycles. The minimum Gasteiger partial charge on any atom is -0.455 e. The average Bonchev–Trinajstić information content (AvgIpc) is 2.80. The van der Waals surface area contributed by atoms with E-state index in [9.17, 15) is 9.90 Å². The van der Waals surface area contributed by atoms with Crippen LogP contribution in [0, 0.1) is 34.5 Å². The van der Waals surface area contributed by atoms with Gasteiger partial charge >= 0.3 is 5.97 Å². The number of ether oxygens (including phenoxy) is 1. The lowest BCUT2D eigenvalue weighted by atomic mass is 9.42. The number of aliphatic hydroxyl groups excluding tert-OH is 1. The number of carbonyl (C=O) groups excluding carboxylic acids is 1. The first kappa shape index (κ1) is 15.7. The quantitative estimate of drug-likeness (QED) is 0.693. The van der Waals surface area contributed by atoms with Gasteiger partial charge in [0.15, 0.2) is 0 Å². The van der Waals surface area contributed by atoms with E-state index in [0.29, 0.717) is 23.7 Å². The van der Waals surface area contributed by atoms with Crippen LogP contribution in [0.5, 0.6) is 0 Å². The molecule has 0 aromatic rings. The third-order valence-corrected chi connectivity index (χ3v) is 7.90. The molecular weight excluding hydrogens is 288 g/mol. The van der Waals surface area contributed by atoms with Gasteiger partial charge in [0.1, 0.15) is 6.10 Å². The van der Waals surface area contributed by atoms with Crippen LogP contribution in [0.4, 0.5) is 0 Å². The summed E-state index contributed by atoms with van der Waals surface area (Å²) in [7, 11) is 0. The van der Waals surface area contributed by atoms with E-state index < -0.39 is 0 Å². The van der Waals surface area contributed by atoms with E-state index >= 15 is 0 Å². The lowest BCUT2D eigenvalue weighted by molar-refractivity contribution is -0.181. The number of hydrogen-bond donors (Lipinski definition) is 1. The van der Waals surface area contributed by atoms with E-state index in [1.54, 1.807) is 6.08 Å². The van der Waals surface area contributed by atoms with Crippen molar-refractivity contribution in [1.82, 2.24) is 0 Å². The first-order chi connectivity index (χ1) is 10.7. The summed E-state index contributed by atoms with van der Waals surface area (Å²) in [5.41, 5.74) is 1.54. The Morgan fingerprint density at radius 3 is 2.70 bits per heavy atom. The van der Waals surface area contributed by atoms with Crippen LogP contribution in [-0.2, 0) is 9.53 Å². The molecule has 3 fully saturated rings. The molecule has 0 aromatic heterocycles. The molecule has 3 saturated carbocycles. The third-order valence-electron chi connectivity index (χ3n) is 7.90. The molecule has 3 heteroatoms. The van der Waals surface area contributed by atoms with Crippen LogP contribution in [-0.4, -0.2) is 23.3 Å². The maximum absolute atomic E-state index is 11.7. The molecule has 0 radical (unpaired) electrons. The maximum atomic E-state index is 11.7. The summed E-state index contributed by atoms with van der Waals surface area (Å²) < 4.78 is 5.59. The second-order valence-electron chi connectivity index (χ2n) is 9.49. The third kappa shape index (κ3) is 2.08. The molecule has 3 nitrogen and oxygen atoms in total. The summed E-state index contributed by atoms with van der Waals surface area (Å²) >= 11 is 0. The minimum atomic E-state index is -0.214. The van der Waals surface area contributed by atoms with Gasteiger partial charge in [0.2, 0.25) is 0 Å². The number of esters is 1. The number of rotatable bonds is 0. The summed E-state index contributed by atoms with van der Waals surface area (Å²) in [4.78, 5) is 11.7. The predicted molar refractivity (Wildman–Crippen MR) is 88.6 cm³/mol. The van der Waals surface area contributed by atoms with Gasteiger partial charge in [0.25, 0.3) is 0 Å². The standard InChI is InChI=1S/C20H30O3/c1-11-12-8-15(21)18-19(2,3)6-5-7-20(18,4)14(12)10-16-13(11)9-17(22)23-16/h9,11-12,14-16,18,21H,5-8,10H2,1-4H3/t11-,12+,14+,15-,16-,18+,20-/m1/s1. The summed E-state index contributed by atoms with van der Waals surface area (Å²) in [6, 6.07) is 0. The Balaban J connectivity index is 1.74. The van der Waals surface area contributed by atoms with Crippen LogP contribution in [0.15, 0.2) is 11.6 Å². The van der Waals surface area contributed by atoms with Crippen molar-refractivity contribution in [3.05, 3.63) is 11.6 Å². The van der Waals surface area contributed by atoms with Crippen molar-refractivity contribution in [1.29, 1.82) is 0 Å². The highest BCUT2D eigenvalue weighted by atomic mass is 16.5. The van der Waals surface area contributed by atoms with E-state index in [0.717, 1.165) is 12.8 Å². The highest BCUT2D eigenvalue weighted by Crippen LogP contribution is 2.65. The zero-order chi connectivity index (χ0) is 16.6. The van der Waals surface area contributed by atoms with Gasteiger partial charge in [0, 0.05) is 6.08 Å². The summed E-state index contributed by atoms with van der Waals surface area (Å²) in [5.74, 6) is 1.58. The molecule has 7 atom stereocenters. The van der Waals surface area contributed by atoms with Crippen molar-refractivity contribution in [2.45, 2.75) is 72.0 Å². The fourth-order valence-corrected chi connectivity index (χ4v) is 7.13. The number of aliphatic hydroxyl groups is 1. The topological polar surface area (TPSA) is 46.5 Å². The van der Waals surface area contributed by atoms with Crippen LogP contribution >= 0.6 is 0 Å². The van der Waals surface area contributed by atoms with Gasteiger partial charge in [-0.05, 0) is 65.8 Å². The lowest BCUT2D eigenvalue weighted by Gasteiger charge is -2.63. The molecule has 0 spiro atoms. The van der Waals surface area contributed by atoms with Gasteiger partial charge in [-0.15, -0.1) is 0 Å². The summed E-state index contributed by atoms with van der Waals surface area (Å²) in [5, 5.41) is 11.0. The number of hydrogen-bond acceptors (Lipinski definition) is 3. The first-order valence-corrected chi connectivity index (χ1v) is 9.34. The Labute approximate surface area is 139 Å². The SMILES string of the molecule is C[C@H]1C2=CC(=O)O[C@@H]2C[C@H]2[C@H]1C[C@@H](O)[C@H]1C(C)(C)CCC[C@]21C. The Bertz CT molecular complexity index is 563. The molecule has 0 amide bonds. The van der Waals surface area contributed by atoms with Gasteiger partial charge in [-0.2, -0.15) is 0 Å². The van der Waals surface area contributed by atoms with Crippen molar-refractivity contribution >= 4 is 5.97 Å². The number of carbonyl (C=O) groups is 1. The maximum Gasteiger partial charge on any atom is 0.331 e. The second-order valence-corrected chi connectivity index (χ2v) is 9.49. The van der Waals surface area contributed by atoms with Gasteiger partial charge in [-0.3, -0.25) is 0 Å². The van der Waals surface area contributed by atoms with Crippen LogP contribution in [0.25, 0.3) is 0 Å². The van der Waals surface area contributed by atoms with Gasteiger partial charge in [-0.1, -0.05) is 34.1 Å². The Morgan fingerprint density at radius 2 is 1.96 bits per heavy atom. The minimum absolute atomic E-state index is 0.00323. The smallest absolute Gasteiger partial charge is 0.331 e. The zero-order valence-corrected chi connectivity index (χ0v) is 14.8. The fourth-order valence-electron chi connectivity index (χ4n) is 7.13. The molecule has 0 bridgehead atoms. The normalized spacial score (nSPS) is 51.2. The van der Waals surface area contributed by atoms with Crippen molar-refractivity contribution in [2.75, 3.05) is 0 Å². The Hall–Kier alpha value is -0.830. The molecule has 4 aliphatic rings. The van der Waals surface area contributed by atoms with E-state index in [1.165, 1.54) is 24.8 Å². The van der Waals surface area contributed by atoms with Crippen LogP contribution in [0.3, 0.4) is 0 Å². The molecule has 23 heavy (non-hydrogen) atoms.